The van der Waals surface area contributed by atoms with Crippen LogP contribution in [0.4, 0.5) is 0 Å². The molecule has 1 saturated heterocycles. The third kappa shape index (κ3) is 4.97. The molecule has 21 heavy (non-hydrogen) atoms. The van der Waals surface area contributed by atoms with Crippen molar-refractivity contribution in [1.82, 2.24) is 9.80 Å². The van der Waals surface area contributed by atoms with Gasteiger partial charge in [-0.3, -0.25) is 9.80 Å². The third-order valence-corrected chi connectivity index (χ3v) is 4.09. The van der Waals surface area contributed by atoms with Gasteiger partial charge in [0.25, 0.3) is 0 Å². The maximum Gasteiger partial charge on any atom is 0.115 e. The zero-order valence-corrected chi connectivity index (χ0v) is 12.9. The van der Waals surface area contributed by atoms with Crippen molar-refractivity contribution in [3.05, 3.63) is 29.8 Å². The second-order valence-electron chi connectivity index (χ2n) is 5.78. The quantitative estimate of drug-likeness (QED) is 0.822. The Bertz CT molecular complexity index is 435. The maximum absolute atomic E-state index is 10.2. The Morgan fingerprint density at radius 1 is 1.33 bits per heavy atom. The van der Waals surface area contributed by atoms with E-state index in [9.17, 15) is 10.2 Å². The number of aliphatic hydroxyl groups excluding tert-OH is 1. The van der Waals surface area contributed by atoms with Gasteiger partial charge in [-0.1, -0.05) is 12.1 Å². The van der Waals surface area contributed by atoms with Crippen molar-refractivity contribution in [3.8, 4) is 5.75 Å². The molecule has 0 spiro atoms. The lowest BCUT2D eigenvalue weighted by molar-refractivity contribution is 0.00626. The standard InChI is InChI=1S/C16H26N2O3/c1-13(14-4-3-5-15(19)10-14)17(2)11-16(20)12-18-6-8-21-9-7-18/h3-5,10,13,16,19-20H,6-9,11-12H2,1-2H3. The van der Waals surface area contributed by atoms with Crippen LogP contribution in [0, 0.1) is 0 Å². The van der Waals surface area contributed by atoms with Gasteiger partial charge in [-0.05, 0) is 31.7 Å². The summed E-state index contributed by atoms with van der Waals surface area (Å²) in [5.74, 6) is 0.279. The Morgan fingerprint density at radius 2 is 2.05 bits per heavy atom. The molecule has 1 heterocycles. The summed E-state index contributed by atoms with van der Waals surface area (Å²) in [7, 11) is 2.00. The number of ether oxygens (including phenoxy) is 1. The summed E-state index contributed by atoms with van der Waals surface area (Å²) in [5, 5.41) is 19.8. The number of benzene rings is 1. The van der Waals surface area contributed by atoms with E-state index in [0.29, 0.717) is 13.1 Å². The SMILES string of the molecule is CC(c1cccc(O)c1)N(C)CC(O)CN1CCOCC1. The lowest BCUT2D eigenvalue weighted by Gasteiger charge is -2.32. The maximum atomic E-state index is 10.2. The highest BCUT2D eigenvalue weighted by atomic mass is 16.5. The second kappa shape index (κ2) is 7.75. The number of hydrogen-bond donors (Lipinski definition) is 2. The monoisotopic (exact) mass is 294 g/mol. The molecule has 0 bridgehead atoms. The van der Waals surface area contributed by atoms with Gasteiger partial charge in [0.05, 0.1) is 19.3 Å². The number of aliphatic hydroxyl groups is 1. The number of nitrogens with zero attached hydrogens (tertiary/aromatic N) is 2. The number of morpholine rings is 1. The van der Waals surface area contributed by atoms with Gasteiger partial charge in [0.1, 0.15) is 5.75 Å². The fourth-order valence-electron chi connectivity index (χ4n) is 2.67. The lowest BCUT2D eigenvalue weighted by atomic mass is 10.1. The molecule has 1 aromatic rings. The third-order valence-electron chi connectivity index (χ3n) is 4.09. The van der Waals surface area contributed by atoms with Crippen LogP contribution in [-0.4, -0.2) is 72.6 Å². The first-order chi connectivity index (χ1) is 10.1. The van der Waals surface area contributed by atoms with E-state index >= 15 is 0 Å². The fraction of sp³-hybridized carbons (Fsp3) is 0.625. The first-order valence-electron chi connectivity index (χ1n) is 7.53. The van der Waals surface area contributed by atoms with Gasteiger partial charge < -0.3 is 14.9 Å². The molecule has 5 heteroatoms. The molecule has 0 saturated carbocycles. The number of hydrogen-bond acceptors (Lipinski definition) is 5. The van der Waals surface area contributed by atoms with Crippen LogP contribution >= 0.6 is 0 Å². The van der Waals surface area contributed by atoms with Gasteiger partial charge in [-0.25, -0.2) is 0 Å². The summed E-state index contributed by atoms with van der Waals surface area (Å²) in [6.07, 6.45) is -0.382. The minimum Gasteiger partial charge on any atom is -0.508 e. The topological polar surface area (TPSA) is 56.2 Å². The zero-order valence-electron chi connectivity index (χ0n) is 12.9. The van der Waals surface area contributed by atoms with Crippen molar-refractivity contribution < 1.29 is 14.9 Å². The molecule has 2 atom stereocenters. The Balaban J connectivity index is 1.83. The van der Waals surface area contributed by atoms with Gasteiger partial charge in [-0.2, -0.15) is 0 Å². The van der Waals surface area contributed by atoms with E-state index in [1.807, 2.05) is 19.2 Å². The molecule has 5 nitrogen and oxygen atoms in total. The van der Waals surface area contributed by atoms with E-state index in [1.54, 1.807) is 12.1 Å². The number of β-amino-alcohol motifs (C(OH)–C–C–N with tert-alkyl or cyclic N) is 1. The van der Waals surface area contributed by atoms with Crippen LogP contribution in [0.5, 0.6) is 5.75 Å². The summed E-state index contributed by atoms with van der Waals surface area (Å²) in [5.41, 5.74) is 1.05. The molecule has 1 aliphatic rings. The molecule has 2 N–H and O–H groups in total. The largest absolute Gasteiger partial charge is 0.508 e. The summed E-state index contributed by atoms with van der Waals surface area (Å²) in [4.78, 5) is 4.35. The van der Waals surface area contributed by atoms with Crippen LogP contribution in [0.1, 0.15) is 18.5 Å². The number of likely N-dealkylation sites (N-methyl/N-ethyl adjacent to an activating group) is 1. The van der Waals surface area contributed by atoms with E-state index in [2.05, 4.69) is 16.7 Å². The smallest absolute Gasteiger partial charge is 0.115 e. The first-order valence-corrected chi connectivity index (χ1v) is 7.53. The van der Waals surface area contributed by atoms with Crippen molar-refractivity contribution in [2.24, 2.45) is 0 Å². The average Bonchev–Trinajstić information content (AvgIpc) is 2.47. The Hall–Kier alpha value is -1.14. The molecule has 0 amide bonds. The van der Waals surface area contributed by atoms with E-state index in [0.717, 1.165) is 31.9 Å². The van der Waals surface area contributed by atoms with Gasteiger partial charge in [-0.15, -0.1) is 0 Å². The van der Waals surface area contributed by atoms with Crippen molar-refractivity contribution in [2.75, 3.05) is 46.4 Å². The highest BCUT2D eigenvalue weighted by Gasteiger charge is 2.19. The molecule has 2 unspecified atom stereocenters. The first kappa shape index (κ1) is 16.2. The predicted octanol–water partition coefficient (Wildman–Crippen LogP) is 1.08. The van der Waals surface area contributed by atoms with Crippen molar-refractivity contribution in [3.63, 3.8) is 0 Å². The normalized spacial score (nSPS) is 19.6. The van der Waals surface area contributed by atoms with Crippen LogP contribution in [0.25, 0.3) is 0 Å². The van der Waals surface area contributed by atoms with Crippen LogP contribution in [0.2, 0.25) is 0 Å². The van der Waals surface area contributed by atoms with Gasteiger partial charge >= 0.3 is 0 Å². The molecule has 0 aliphatic carbocycles. The average molecular weight is 294 g/mol. The number of aromatic hydroxyl groups is 1. The Labute approximate surface area is 126 Å². The van der Waals surface area contributed by atoms with E-state index in [-0.39, 0.29) is 17.9 Å². The van der Waals surface area contributed by atoms with Gasteiger partial charge in [0.2, 0.25) is 0 Å². The Morgan fingerprint density at radius 3 is 2.71 bits per heavy atom. The van der Waals surface area contributed by atoms with E-state index in [1.165, 1.54) is 0 Å². The van der Waals surface area contributed by atoms with Crippen molar-refractivity contribution >= 4 is 0 Å². The molecule has 0 aromatic heterocycles. The second-order valence-corrected chi connectivity index (χ2v) is 5.78. The lowest BCUT2D eigenvalue weighted by Crippen LogP contribution is -2.44. The minimum absolute atomic E-state index is 0.149. The van der Waals surface area contributed by atoms with E-state index in [4.69, 9.17) is 4.74 Å². The van der Waals surface area contributed by atoms with Crippen LogP contribution in [0.3, 0.4) is 0 Å². The predicted molar refractivity (Wildman–Crippen MR) is 82.4 cm³/mol. The summed E-state index contributed by atoms with van der Waals surface area (Å²) in [6.45, 7) is 6.65. The molecule has 118 valence electrons. The molecule has 1 fully saturated rings. The number of rotatable bonds is 6. The molecule has 1 aromatic carbocycles. The molecular weight excluding hydrogens is 268 g/mol. The minimum atomic E-state index is -0.382. The van der Waals surface area contributed by atoms with Crippen LogP contribution in [-0.2, 0) is 4.74 Å². The summed E-state index contributed by atoms with van der Waals surface area (Å²) < 4.78 is 5.31. The molecule has 2 rings (SSSR count). The van der Waals surface area contributed by atoms with Crippen molar-refractivity contribution in [1.29, 1.82) is 0 Å². The van der Waals surface area contributed by atoms with Gasteiger partial charge in [0.15, 0.2) is 0 Å². The highest BCUT2D eigenvalue weighted by molar-refractivity contribution is 5.29. The van der Waals surface area contributed by atoms with Crippen molar-refractivity contribution in [2.45, 2.75) is 19.1 Å². The fourth-order valence-corrected chi connectivity index (χ4v) is 2.67. The number of phenols is 1. The zero-order chi connectivity index (χ0) is 15.2. The van der Waals surface area contributed by atoms with Crippen LogP contribution in [0.15, 0.2) is 24.3 Å². The summed E-state index contributed by atoms with van der Waals surface area (Å²) >= 11 is 0. The summed E-state index contributed by atoms with van der Waals surface area (Å²) in [6, 6.07) is 7.43. The number of phenolic OH excluding ortho intramolecular Hbond substituents is 1. The molecule has 1 aliphatic heterocycles. The van der Waals surface area contributed by atoms with Gasteiger partial charge in [0, 0.05) is 32.2 Å². The highest BCUT2D eigenvalue weighted by Crippen LogP contribution is 2.22. The van der Waals surface area contributed by atoms with Crippen LogP contribution < -0.4 is 0 Å². The molecular formula is C16H26N2O3. The van der Waals surface area contributed by atoms with E-state index < -0.39 is 0 Å². The molecule has 0 radical (unpaired) electrons. The Kier molecular flexibility index (Phi) is 5.99.